The van der Waals surface area contributed by atoms with E-state index in [-0.39, 0.29) is 51.0 Å². The molecule has 0 saturated carbocycles. The van der Waals surface area contributed by atoms with E-state index in [0.29, 0.717) is 0 Å². The second kappa shape index (κ2) is 14.8. The van der Waals surface area contributed by atoms with Gasteiger partial charge < -0.3 is 29.4 Å². The number of nitrogens with zero attached hydrogens (tertiary/aromatic N) is 1. The van der Waals surface area contributed by atoms with Crippen LogP contribution in [0.3, 0.4) is 0 Å². The predicted octanol–water partition coefficient (Wildman–Crippen LogP) is 4.81. The van der Waals surface area contributed by atoms with Gasteiger partial charge in [0.1, 0.15) is 0 Å². The molecule has 8 rings (SSSR count). The summed E-state index contributed by atoms with van der Waals surface area (Å²) in [6.45, 7) is 11.8. The fourth-order valence-corrected chi connectivity index (χ4v) is 11.7. The summed E-state index contributed by atoms with van der Waals surface area (Å²) in [4.78, 5) is 0. The van der Waals surface area contributed by atoms with Crippen LogP contribution < -0.4 is 24.8 Å². The molecule has 221 valence electrons. The second-order valence-electron chi connectivity index (χ2n) is 12.4. The minimum Gasteiger partial charge on any atom is -1.00 e. The molecule has 0 fully saturated rings. The molecule has 1 aromatic heterocycles. The minimum atomic E-state index is -1.17. The van der Waals surface area contributed by atoms with Crippen LogP contribution in [0.2, 0.25) is 13.1 Å². The van der Waals surface area contributed by atoms with Gasteiger partial charge in [-0.25, -0.2) is 0 Å². The quantitative estimate of drug-likeness (QED) is 0.131. The fraction of sp³-hybridized carbons (Fsp3) is 0.289. The van der Waals surface area contributed by atoms with Gasteiger partial charge in [-0.1, -0.05) is 111 Å². The molecular weight excluding hydrogens is 661 g/mol. The van der Waals surface area contributed by atoms with Crippen LogP contribution in [-0.4, -0.2) is 12.6 Å². The van der Waals surface area contributed by atoms with Crippen LogP contribution in [0.5, 0.6) is 0 Å². The summed E-state index contributed by atoms with van der Waals surface area (Å²) in [7, 11) is -1.17. The molecule has 0 spiro atoms. The average molecular weight is 703 g/mol. The first-order valence-electron chi connectivity index (χ1n) is 15.1. The molecule has 43 heavy (non-hydrogen) atoms. The van der Waals surface area contributed by atoms with Gasteiger partial charge >= 0.3 is 26.2 Å². The molecular formula is C38H42Cl2NSiZr. The first-order valence-corrected chi connectivity index (χ1v) is 18.2. The van der Waals surface area contributed by atoms with Crippen molar-refractivity contribution in [3.63, 3.8) is 0 Å². The summed E-state index contributed by atoms with van der Waals surface area (Å²) in [5.41, 5.74) is 12.3. The van der Waals surface area contributed by atoms with Gasteiger partial charge in [-0.15, -0.1) is 34.5 Å². The fourth-order valence-electron chi connectivity index (χ4n) is 7.37. The Kier molecular flexibility index (Phi) is 12.2. The number of unbranched alkanes of at least 4 members (excludes halogenated alkanes) is 3. The first-order chi connectivity index (χ1) is 19.4. The number of hydrogen-bond donors (Lipinski definition) is 0. The Labute approximate surface area is 291 Å². The van der Waals surface area contributed by atoms with E-state index in [0.717, 1.165) is 5.54 Å². The largest absolute Gasteiger partial charge is 3.00 e. The maximum Gasteiger partial charge on any atom is 3.00 e. The van der Waals surface area contributed by atoms with Crippen LogP contribution in [0.4, 0.5) is 0 Å². The van der Waals surface area contributed by atoms with Gasteiger partial charge in [0.25, 0.3) is 0 Å². The minimum absolute atomic E-state index is 0. The van der Waals surface area contributed by atoms with Crippen LogP contribution in [0.25, 0.3) is 32.8 Å². The van der Waals surface area contributed by atoms with Crippen molar-refractivity contribution in [1.29, 1.82) is 0 Å². The van der Waals surface area contributed by atoms with Gasteiger partial charge in [0.15, 0.2) is 0 Å². The Bertz CT molecular complexity index is 1680. The Morgan fingerprint density at radius 2 is 1.51 bits per heavy atom. The smallest absolute Gasteiger partial charge is 1.00 e. The molecule has 0 N–H and O–H groups in total. The SMILES string of the molecule is CC1=C2c3ccn(-c4ccccc4)c3C1[Si]2(C)C.CCCCCCc1ccc(-c2cccc3[cH-]c(C)cc23)cc1.[Cl-].[Cl-].[Zr+3]. The topological polar surface area (TPSA) is 4.93 Å². The summed E-state index contributed by atoms with van der Waals surface area (Å²) < 4.78 is 2.40. The Morgan fingerprint density at radius 3 is 2.19 bits per heavy atom. The number of aromatic nitrogens is 1. The number of allylic oxidation sites excluding steroid dienone is 1. The van der Waals surface area contributed by atoms with Crippen molar-refractivity contribution in [2.75, 3.05) is 0 Å². The van der Waals surface area contributed by atoms with Crippen LogP contribution in [0.1, 0.15) is 67.5 Å². The molecule has 1 radical (unpaired) electrons. The Balaban J connectivity index is 0.000000223. The molecule has 1 unspecified atom stereocenters. The molecule has 3 aliphatic rings. The van der Waals surface area contributed by atoms with Crippen LogP contribution in [0, 0.1) is 6.92 Å². The monoisotopic (exact) mass is 700 g/mol. The normalized spacial score (nSPS) is 15.3. The number of aryl methyl sites for hydroxylation is 2. The third kappa shape index (κ3) is 6.67. The van der Waals surface area contributed by atoms with E-state index in [4.69, 9.17) is 0 Å². The van der Waals surface area contributed by atoms with Crippen molar-refractivity contribution in [3.05, 3.63) is 125 Å². The maximum atomic E-state index is 2.51. The van der Waals surface area contributed by atoms with Gasteiger partial charge in [-0.05, 0) is 54.7 Å². The zero-order valence-corrected chi connectivity index (χ0v) is 31.0. The molecule has 0 amide bonds. The molecule has 0 saturated heterocycles. The molecule has 1 atom stereocenters. The average Bonchev–Trinajstić information content (AvgIpc) is 3.68. The summed E-state index contributed by atoms with van der Waals surface area (Å²) >= 11 is 0. The molecule has 2 bridgehead atoms. The van der Waals surface area contributed by atoms with Crippen molar-refractivity contribution < 1.29 is 51.0 Å². The standard InChI is InChI=1S/C22H25.C16H17NSi.2ClH.Zr/c1-3-4-5-6-8-18-11-13-19(14-12-18)21-10-7-9-20-15-17(2)16-22(20)21;1-11-15-13-9-10-17(12-7-5-4-6-8-12)14(13)16(11)18(15,2)3;;;/h7,9-16H,3-6,8H2,1-2H3;4-10,16H,1-3H3;2*1H;/q-1;;;;+3/p-2. The zero-order chi connectivity index (χ0) is 27.9. The van der Waals surface area contributed by atoms with E-state index < -0.39 is 8.07 Å². The third-order valence-corrected chi connectivity index (χ3v) is 13.3. The number of fused-ring (bicyclic) bond motifs is 1. The van der Waals surface area contributed by atoms with Crippen LogP contribution in [0.15, 0.2) is 103 Å². The van der Waals surface area contributed by atoms with E-state index in [1.807, 2.05) is 0 Å². The van der Waals surface area contributed by atoms with Crippen LogP contribution in [-0.2, 0) is 32.6 Å². The molecule has 3 heterocycles. The number of hydrogen-bond acceptors (Lipinski definition) is 0. The molecule has 5 aromatic rings. The van der Waals surface area contributed by atoms with E-state index in [1.54, 1.807) is 16.5 Å². The van der Waals surface area contributed by atoms with Crippen LogP contribution >= 0.6 is 0 Å². The van der Waals surface area contributed by atoms with E-state index >= 15 is 0 Å². The molecule has 4 aromatic carbocycles. The van der Waals surface area contributed by atoms with E-state index in [2.05, 4.69) is 136 Å². The van der Waals surface area contributed by atoms with Gasteiger partial charge in [-0.2, -0.15) is 6.07 Å². The number of para-hydroxylation sites is 1. The van der Waals surface area contributed by atoms with Gasteiger partial charge in [0.05, 0.1) is 8.07 Å². The maximum absolute atomic E-state index is 2.51. The van der Waals surface area contributed by atoms with E-state index in [1.165, 1.54) is 76.4 Å². The second-order valence-corrected chi connectivity index (χ2v) is 16.9. The third-order valence-electron chi connectivity index (χ3n) is 9.18. The number of halogens is 2. The zero-order valence-electron chi connectivity index (χ0n) is 26.1. The van der Waals surface area contributed by atoms with Crippen molar-refractivity contribution in [2.24, 2.45) is 0 Å². The van der Waals surface area contributed by atoms with Gasteiger partial charge in [0.2, 0.25) is 0 Å². The first kappa shape index (κ1) is 35.4. The van der Waals surface area contributed by atoms with Crippen molar-refractivity contribution in [3.8, 4) is 16.8 Å². The molecule has 2 aliphatic heterocycles. The summed E-state index contributed by atoms with van der Waals surface area (Å²) in [6.07, 6.45) is 8.77. The summed E-state index contributed by atoms with van der Waals surface area (Å²) in [5.74, 6) is 0. The Hall–Kier alpha value is -2.03. The number of benzene rings is 3. The molecule has 1 nitrogen and oxygen atoms in total. The molecule has 1 aliphatic carbocycles. The van der Waals surface area contributed by atoms with Crippen molar-refractivity contribution in [1.82, 2.24) is 4.57 Å². The summed E-state index contributed by atoms with van der Waals surface area (Å²) in [5, 5.41) is 4.44. The predicted molar refractivity (Wildman–Crippen MR) is 176 cm³/mol. The van der Waals surface area contributed by atoms with E-state index in [9.17, 15) is 0 Å². The van der Waals surface area contributed by atoms with Crippen molar-refractivity contribution >= 4 is 24.0 Å². The van der Waals surface area contributed by atoms with Gasteiger partial charge in [0, 0.05) is 23.1 Å². The van der Waals surface area contributed by atoms with Crippen molar-refractivity contribution in [2.45, 2.75) is 71.5 Å². The number of rotatable bonds is 7. The summed E-state index contributed by atoms with van der Waals surface area (Å²) in [6, 6.07) is 33.4. The Morgan fingerprint density at radius 1 is 0.791 bits per heavy atom. The molecule has 5 heteroatoms. The van der Waals surface area contributed by atoms with Gasteiger partial charge in [-0.3, -0.25) is 0 Å².